The van der Waals surface area contributed by atoms with E-state index in [1.165, 1.54) is 30.4 Å². The molecule has 0 aliphatic carbocycles. The van der Waals surface area contributed by atoms with E-state index in [4.69, 9.17) is 9.15 Å². The van der Waals surface area contributed by atoms with Crippen molar-refractivity contribution >= 4 is 23.0 Å². The lowest BCUT2D eigenvalue weighted by molar-refractivity contribution is -0.137. The van der Waals surface area contributed by atoms with E-state index < -0.39 is 5.97 Å². The Morgan fingerprint density at radius 1 is 1.12 bits per heavy atom. The number of benzene rings is 2. The summed E-state index contributed by atoms with van der Waals surface area (Å²) in [6.07, 6.45) is 2.68. The van der Waals surface area contributed by atoms with Crippen LogP contribution in [0.5, 0.6) is 17.2 Å². The average Bonchev–Trinajstić information content (AvgIpc) is 3.01. The van der Waals surface area contributed by atoms with Crippen molar-refractivity contribution in [3.8, 4) is 28.6 Å². The average molecular weight is 340 g/mol. The third-order valence-electron chi connectivity index (χ3n) is 3.62. The molecule has 3 N–H and O–H groups in total. The van der Waals surface area contributed by atoms with Gasteiger partial charge in [0, 0.05) is 17.0 Å². The molecule has 0 amide bonds. The molecule has 0 spiro atoms. The van der Waals surface area contributed by atoms with E-state index in [1.807, 2.05) is 0 Å². The number of rotatable bonds is 4. The first-order valence-electron chi connectivity index (χ1n) is 7.62. The highest BCUT2D eigenvalue weighted by Crippen LogP contribution is 2.39. The molecule has 3 aromatic rings. The van der Waals surface area contributed by atoms with Crippen molar-refractivity contribution in [1.29, 1.82) is 0 Å². The number of hydrogen-bond acceptors (Lipinski definition) is 6. The van der Waals surface area contributed by atoms with Crippen LogP contribution in [0.25, 0.3) is 28.4 Å². The molecule has 25 heavy (non-hydrogen) atoms. The van der Waals surface area contributed by atoms with Gasteiger partial charge in [0.25, 0.3) is 0 Å². The van der Waals surface area contributed by atoms with Gasteiger partial charge in [-0.3, -0.25) is 0 Å². The van der Waals surface area contributed by atoms with Gasteiger partial charge in [0.1, 0.15) is 5.76 Å². The predicted octanol–water partition coefficient (Wildman–Crippen LogP) is 3.79. The molecular formula is C19H16O6. The van der Waals surface area contributed by atoms with Gasteiger partial charge in [-0.25, -0.2) is 4.79 Å². The van der Waals surface area contributed by atoms with Gasteiger partial charge in [0.05, 0.1) is 6.61 Å². The van der Waals surface area contributed by atoms with Crippen LogP contribution in [0.3, 0.4) is 0 Å². The highest BCUT2D eigenvalue weighted by molar-refractivity contribution is 5.92. The largest absolute Gasteiger partial charge is 0.504 e. The van der Waals surface area contributed by atoms with Gasteiger partial charge in [-0.1, -0.05) is 12.1 Å². The van der Waals surface area contributed by atoms with Crippen molar-refractivity contribution in [3.63, 3.8) is 0 Å². The van der Waals surface area contributed by atoms with Crippen molar-refractivity contribution in [2.24, 2.45) is 0 Å². The Morgan fingerprint density at radius 3 is 2.60 bits per heavy atom. The number of esters is 1. The van der Waals surface area contributed by atoms with Crippen LogP contribution in [0.4, 0.5) is 0 Å². The maximum atomic E-state index is 11.5. The number of ether oxygens (including phenoxy) is 1. The number of carbonyl (C=O) groups excluding carboxylic acids is 1. The highest BCUT2D eigenvalue weighted by Gasteiger charge is 2.15. The zero-order valence-corrected chi connectivity index (χ0v) is 13.4. The smallest absolute Gasteiger partial charge is 0.330 e. The van der Waals surface area contributed by atoms with Gasteiger partial charge >= 0.3 is 5.97 Å². The Morgan fingerprint density at radius 2 is 1.88 bits per heavy atom. The fourth-order valence-corrected chi connectivity index (χ4v) is 2.47. The number of furan rings is 1. The lowest BCUT2D eigenvalue weighted by atomic mass is 10.0. The number of phenols is 3. The second-order valence-electron chi connectivity index (χ2n) is 5.32. The van der Waals surface area contributed by atoms with Crippen LogP contribution in [0.15, 0.2) is 46.9 Å². The van der Waals surface area contributed by atoms with Crippen molar-refractivity contribution in [2.75, 3.05) is 6.61 Å². The zero-order chi connectivity index (χ0) is 18.0. The molecular weight excluding hydrogens is 324 g/mol. The number of fused-ring (bicyclic) bond motifs is 1. The normalized spacial score (nSPS) is 11.2. The Kier molecular flexibility index (Phi) is 4.35. The summed E-state index contributed by atoms with van der Waals surface area (Å²) >= 11 is 0. The molecule has 0 aliphatic rings. The van der Waals surface area contributed by atoms with Gasteiger partial charge in [0.2, 0.25) is 0 Å². The molecule has 0 atom stereocenters. The van der Waals surface area contributed by atoms with Crippen LogP contribution < -0.4 is 0 Å². The molecule has 0 bridgehead atoms. The lowest BCUT2D eigenvalue weighted by Gasteiger charge is -2.06. The number of aromatic hydroxyl groups is 3. The standard InChI is InChI=1S/C19H16O6/c1-2-24-18(23)7-6-11-8-15(21)16(22)10-13(11)17-9-12-4-3-5-14(20)19(12)25-17/h3-10,20-22H,2H2,1H3/b7-6+. The summed E-state index contributed by atoms with van der Waals surface area (Å²) in [5.41, 5.74) is 1.21. The third kappa shape index (κ3) is 3.28. The van der Waals surface area contributed by atoms with Crippen molar-refractivity contribution in [2.45, 2.75) is 6.92 Å². The summed E-state index contributed by atoms with van der Waals surface area (Å²) in [6.45, 7) is 1.95. The van der Waals surface area contributed by atoms with Gasteiger partial charge < -0.3 is 24.5 Å². The molecule has 0 radical (unpaired) electrons. The maximum absolute atomic E-state index is 11.5. The predicted molar refractivity (Wildman–Crippen MR) is 92.3 cm³/mol. The van der Waals surface area contributed by atoms with E-state index in [2.05, 4.69) is 0 Å². The van der Waals surface area contributed by atoms with E-state index in [9.17, 15) is 20.1 Å². The molecule has 1 heterocycles. The van der Waals surface area contributed by atoms with Crippen molar-refractivity contribution in [3.05, 3.63) is 48.0 Å². The lowest BCUT2D eigenvalue weighted by Crippen LogP contribution is -1.98. The van der Waals surface area contributed by atoms with Crippen LogP contribution in [0.1, 0.15) is 12.5 Å². The second kappa shape index (κ2) is 6.60. The molecule has 2 aromatic carbocycles. The number of para-hydroxylation sites is 1. The molecule has 0 saturated heterocycles. The first-order valence-corrected chi connectivity index (χ1v) is 7.62. The second-order valence-corrected chi connectivity index (χ2v) is 5.32. The van der Waals surface area contributed by atoms with E-state index in [0.29, 0.717) is 27.9 Å². The summed E-state index contributed by atoms with van der Waals surface area (Å²) in [5, 5.41) is 30.1. The first kappa shape index (κ1) is 16.4. The third-order valence-corrected chi connectivity index (χ3v) is 3.62. The number of phenolic OH excluding ortho intramolecular Hbond substituents is 3. The molecule has 6 nitrogen and oxygen atoms in total. The minimum atomic E-state index is -0.525. The Hall–Kier alpha value is -3.41. The number of hydrogen-bond donors (Lipinski definition) is 3. The molecule has 0 aliphatic heterocycles. The summed E-state index contributed by atoms with van der Waals surface area (Å²) in [7, 11) is 0. The highest BCUT2D eigenvalue weighted by atomic mass is 16.5. The molecule has 1 aromatic heterocycles. The maximum Gasteiger partial charge on any atom is 0.330 e. The Balaban J connectivity index is 2.11. The molecule has 6 heteroatoms. The zero-order valence-electron chi connectivity index (χ0n) is 13.4. The molecule has 0 unspecified atom stereocenters. The minimum Gasteiger partial charge on any atom is -0.504 e. The molecule has 0 fully saturated rings. The summed E-state index contributed by atoms with van der Waals surface area (Å²) in [4.78, 5) is 11.5. The van der Waals surface area contributed by atoms with Gasteiger partial charge in [-0.15, -0.1) is 0 Å². The SMILES string of the molecule is CCOC(=O)/C=C/c1cc(O)c(O)cc1-c1cc2cccc(O)c2o1. The van der Waals surface area contributed by atoms with E-state index in [0.717, 1.165) is 0 Å². The topological polar surface area (TPSA) is 100 Å². The van der Waals surface area contributed by atoms with E-state index >= 15 is 0 Å². The van der Waals surface area contributed by atoms with Gasteiger partial charge in [-0.05, 0) is 42.8 Å². The van der Waals surface area contributed by atoms with Crippen LogP contribution >= 0.6 is 0 Å². The van der Waals surface area contributed by atoms with E-state index in [1.54, 1.807) is 25.1 Å². The number of carbonyl (C=O) groups is 1. The van der Waals surface area contributed by atoms with Crippen LogP contribution in [0.2, 0.25) is 0 Å². The van der Waals surface area contributed by atoms with Crippen LogP contribution in [-0.4, -0.2) is 27.9 Å². The summed E-state index contributed by atoms with van der Waals surface area (Å²) in [6, 6.07) is 9.31. The van der Waals surface area contributed by atoms with Gasteiger partial charge in [-0.2, -0.15) is 0 Å². The van der Waals surface area contributed by atoms with Crippen LogP contribution in [0, 0.1) is 0 Å². The monoisotopic (exact) mass is 340 g/mol. The summed E-state index contributed by atoms with van der Waals surface area (Å²) < 4.78 is 10.5. The fraction of sp³-hybridized carbons (Fsp3) is 0.105. The van der Waals surface area contributed by atoms with E-state index in [-0.39, 0.29) is 23.9 Å². The molecule has 128 valence electrons. The fourth-order valence-electron chi connectivity index (χ4n) is 2.47. The van der Waals surface area contributed by atoms with Crippen molar-refractivity contribution in [1.82, 2.24) is 0 Å². The Labute approximate surface area is 143 Å². The quantitative estimate of drug-likeness (QED) is 0.379. The van der Waals surface area contributed by atoms with Crippen molar-refractivity contribution < 1.29 is 29.3 Å². The first-order chi connectivity index (χ1) is 12.0. The molecule has 0 saturated carbocycles. The molecule has 3 rings (SSSR count). The Bertz CT molecular complexity index is 967. The van der Waals surface area contributed by atoms with Gasteiger partial charge in [0.15, 0.2) is 22.8 Å². The van der Waals surface area contributed by atoms with Crippen LogP contribution in [-0.2, 0) is 9.53 Å². The minimum absolute atomic E-state index is 0.00429. The summed E-state index contributed by atoms with van der Waals surface area (Å²) in [5.74, 6) is -0.812.